The third kappa shape index (κ3) is 4.56. The van der Waals surface area contributed by atoms with Gasteiger partial charge in [0.25, 0.3) is 0 Å². The number of amides is 2. The zero-order valence-electron chi connectivity index (χ0n) is 10.9. The van der Waals surface area contributed by atoms with Crippen LogP contribution in [0.15, 0.2) is 36.9 Å². The highest BCUT2D eigenvalue weighted by Crippen LogP contribution is 2.12. The molecule has 0 unspecified atom stereocenters. The van der Waals surface area contributed by atoms with Crippen LogP contribution in [0.5, 0.6) is 0 Å². The lowest BCUT2D eigenvalue weighted by molar-refractivity contribution is 0.101. The molecule has 0 aromatic heterocycles. The SMILES string of the molecule is C=CCN(CCO)C(=O)Nc1cccc(C(C)=O)c1. The Morgan fingerprint density at radius 2 is 2.21 bits per heavy atom. The van der Waals surface area contributed by atoms with Crippen molar-refractivity contribution >= 4 is 17.5 Å². The largest absolute Gasteiger partial charge is 0.395 e. The van der Waals surface area contributed by atoms with Gasteiger partial charge in [-0.2, -0.15) is 0 Å². The number of nitrogens with one attached hydrogen (secondary N) is 1. The number of Topliss-reactive ketones (excluding diaryl/α,β-unsaturated/α-hetero) is 1. The first-order valence-electron chi connectivity index (χ1n) is 5.97. The molecule has 0 atom stereocenters. The van der Waals surface area contributed by atoms with Crippen molar-refractivity contribution < 1.29 is 14.7 Å². The van der Waals surface area contributed by atoms with Crippen LogP contribution in [-0.4, -0.2) is 41.5 Å². The second-order valence-electron chi connectivity index (χ2n) is 4.03. The van der Waals surface area contributed by atoms with Gasteiger partial charge < -0.3 is 15.3 Å². The lowest BCUT2D eigenvalue weighted by Gasteiger charge is -2.20. The Balaban J connectivity index is 2.77. The summed E-state index contributed by atoms with van der Waals surface area (Å²) in [6.07, 6.45) is 1.58. The number of aliphatic hydroxyl groups excluding tert-OH is 1. The first kappa shape index (κ1) is 14.9. The minimum Gasteiger partial charge on any atom is -0.395 e. The molecule has 1 aromatic rings. The van der Waals surface area contributed by atoms with Crippen molar-refractivity contribution in [2.45, 2.75) is 6.92 Å². The van der Waals surface area contributed by atoms with Crippen LogP contribution in [0.25, 0.3) is 0 Å². The fourth-order valence-electron chi connectivity index (χ4n) is 1.57. The summed E-state index contributed by atoms with van der Waals surface area (Å²) in [4.78, 5) is 24.6. The Morgan fingerprint density at radius 1 is 1.47 bits per heavy atom. The quantitative estimate of drug-likeness (QED) is 0.607. The van der Waals surface area contributed by atoms with E-state index >= 15 is 0 Å². The molecule has 1 aromatic carbocycles. The van der Waals surface area contributed by atoms with E-state index in [9.17, 15) is 9.59 Å². The monoisotopic (exact) mass is 262 g/mol. The van der Waals surface area contributed by atoms with Crippen molar-refractivity contribution in [1.29, 1.82) is 0 Å². The molecule has 0 aliphatic rings. The Bertz CT molecular complexity index is 472. The second kappa shape index (κ2) is 7.33. The predicted octanol–water partition coefficient (Wildman–Crippen LogP) is 1.90. The summed E-state index contributed by atoms with van der Waals surface area (Å²) >= 11 is 0. The molecule has 102 valence electrons. The predicted molar refractivity (Wildman–Crippen MR) is 74.3 cm³/mol. The lowest BCUT2D eigenvalue weighted by atomic mass is 10.1. The zero-order valence-corrected chi connectivity index (χ0v) is 10.9. The second-order valence-corrected chi connectivity index (χ2v) is 4.03. The summed E-state index contributed by atoms with van der Waals surface area (Å²) in [6, 6.07) is 6.37. The van der Waals surface area contributed by atoms with E-state index in [0.29, 0.717) is 17.8 Å². The molecule has 1 rings (SSSR count). The molecule has 0 radical (unpaired) electrons. The van der Waals surface area contributed by atoms with E-state index in [1.54, 1.807) is 30.3 Å². The van der Waals surface area contributed by atoms with Crippen molar-refractivity contribution in [3.8, 4) is 0 Å². The van der Waals surface area contributed by atoms with Gasteiger partial charge in [0.05, 0.1) is 6.61 Å². The minimum absolute atomic E-state index is 0.0607. The molecule has 0 heterocycles. The Labute approximate surface area is 112 Å². The first-order valence-corrected chi connectivity index (χ1v) is 5.97. The minimum atomic E-state index is -0.338. The molecule has 0 fully saturated rings. The van der Waals surface area contributed by atoms with Gasteiger partial charge >= 0.3 is 6.03 Å². The molecule has 0 saturated carbocycles. The van der Waals surface area contributed by atoms with Crippen LogP contribution < -0.4 is 5.32 Å². The summed E-state index contributed by atoms with van der Waals surface area (Å²) in [5.74, 6) is -0.0607. The third-order valence-corrected chi connectivity index (χ3v) is 2.53. The van der Waals surface area contributed by atoms with Crippen LogP contribution in [-0.2, 0) is 0 Å². The number of hydrogen-bond acceptors (Lipinski definition) is 3. The molecular weight excluding hydrogens is 244 g/mol. The highest BCUT2D eigenvalue weighted by molar-refractivity contribution is 5.96. The van der Waals surface area contributed by atoms with Crippen LogP contribution >= 0.6 is 0 Å². The summed E-state index contributed by atoms with van der Waals surface area (Å²) in [5.41, 5.74) is 1.08. The van der Waals surface area contributed by atoms with E-state index in [1.807, 2.05) is 0 Å². The van der Waals surface area contributed by atoms with E-state index in [2.05, 4.69) is 11.9 Å². The fourth-order valence-corrected chi connectivity index (χ4v) is 1.57. The Hall–Kier alpha value is -2.14. The normalized spacial score (nSPS) is 9.79. The molecule has 0 bridgehead atoms. The van der Waals surface area contributed by atoms with Gasteiger partial charge in [0.1, 0.15) is 0 Å². The van der Waals surface area contributed by atoms with Crippen molar-refractivity contribution in [3.05, 3.63) is 42.5 Å². The summed E-state index contributed by atoms with van der Waals surface area (Å²) < 4.78 is 0. The first-order chi connectivity index (χ1) is 9.08. The van der Waals surface area contributed by atoms with Gasteiger partial charge in [0.2, 0.25) is 0 Å². The van der Waals surface area contributed by atoms with E-state index in [1.165, 1.54) is 11.8 Å². The van der Waals surface area contributed by atoms with Gasteiger partial charge in [-0.25, -0.2) is 4.79 Å². The molecule has 0 saturated heterocycles. The Kier molecular flexibility index (Phi) is 5.75. The molecule has 0 aliphatic carbocycles. The van der Waals surface area contributed by atoms with Crippen LogP contribution in [0.1, 0.15) is 17.3 Å². The maximum atomic E-state index is 11.9. The van der Waals surface area contributed by atoms with E-state index in [4.69, 9.17) is 5.11 Å². The number of rotatable bonds is 6. The van der Waals surface area contributed by atoms with Crippen molar-refractivity contribution in [2.75, 3.05) is 25.0 Å². The van der Waals surface area contributed by atoms with Crippen LogP contribution in [0.3, 0.4) is 0 Å². The van der Waals surface area contributed by atoms with E-state index in [0.717, 1.165) is 0 Å². The number of benzene rings is 1. The van der Waals surface area contributed by atoms with Gasteiger partial charge in [-0.15, -0.1) is 6.58 Å². The van der Waals surface area contributed by atoms with Crippen LogP contribution in [0.2, 0.25) is 0 Å². The number of ketones is 1. The molecule has 19 heavy (non-hydrogen) atoms. The number of aliphatic hydroxyl groups is 1. The maximum absolute atomic E-state index is 11.9. The third-order valence-electron chi connectivity index (χ3n) is 2.53. The number of carbonyl (C=O) groups excluding carboxylic acids is 2. The molecule has 5 heteroatoms. The lowest BCUT2D eigenvalue weighted by Crippen LogP contribution is -2.37. The van der Waals surface area contributed by atoms with E-state index in [-0.39, 0.29) is 25.0 Å². The molecule has 0 spiro atoms. The highest BCUT2D eigenvalue weighted by atomic mass is 16.3. The van der Waals surface area contributed by atoms with Crippen molar-refractivity contribution in [3.63, 3.8) is 0 Å². The van der Waals surface area contributed by atoms with Gasteiger partial charge in [-0.1, -0.05) is 18.2 Å². The molecule has 2 N–H and O–H groups in total. The van der Waals surface area contributed by atoms with Crippen molar-refractivity contribution in [1.82, 2.24) is 4.90 Å². The Morgan fingerprint density at radius 3 is 2.79 bits per heavy atom. The van der Waals surface area contributed by atoms with Gasteiger partial charge in [0, 0.05) is 24.3 Å². The number of anilines is 1. The van der Waals surface area contributed by atoms with Crippen LogP contribution in [0.4, 0.5) is 10.5 Å². The summed E-state index contributed by atoms with van der Waals surface area (Å²) in [7, 11) is 0. The highest BCUT2D eigenvalue weighted by Gasteiger charge is 2.11. The van der Waals surface area contributed by atoms with E-state index < -0.39 is 0 Å². The molecule has 0 aliphatic heterocycles. The van der Waals surface area contributed by atoms with Crippen LogP contribution in [0, 0.1) is 0 Å². The summed E-state index contributed by atoms with van der Waals surface area (Å²) in [5, 5.41) is 11.6. The number of urea groups is 1. The smallest absolute Gasteiger partial charge is 0.322 e. The maximum Gasteiger partial charge on any atom is 0.322 e. The number of hydrogen-bond donors (Lipinski definition) is 2. The molecular formula is C14H18N2O3. The van der Waals surface area contributed by atoms with Crippen molar-refractivity contribution in [2.24, 2.45) is 0 Å². The molecule has 2 amide bonds. The fraction of sp³-hybridized carbons (Fsp3) is 0.286. The average molecular weight is 262 g/mol. The average Bonchev–Trinajstić information content (AvgIpc) is 2.38. The van der Waals surface area contributed by atoms with Gasteiger partial charge in [0.15, 0.2) is 5.78 Å². The number of nitrogens with zero attached hydrogens (tertiary/aromatic N) is 1. The standard InChI is InChI=1S/C14H18N2O3/c1-3-7-16(8-9-17)14(19)15-13-6-4-5-12(10-13)11(2)18/h3-6,10,17H,1,7-9H2,2H3,(H,15,19). The van der Waals surface area contributed by atoms with Gasteiger partial charge in [-0.3, -0.25) is 4.79 Å². The number of carbonyl (C=O) groups is 2. The van der Waals surface area contributed by atoms with Gasteiger partial charge in [-0.05, 0) is 19.1 Å². The molecule has 5 nitrogen and oxygen atoms in total. The zero-order chi connectivity index (χ0) is 14.3. The topological polar surface area (TPSA) is 69.6 Å². The summed E-state index contributed by atoms with van der Waals surface area (Å²) in [6.45, 7) is 5.49.